The summed E-state index contributed by atoms with van der Waals surface area (Å²) in [4.78, 5) is 1.17. The Morgan fingerprint density at radius 2 is 1.55 bits per heavy atom. The number of fused-ring (bicyclic) bond motifs is 6. The lowest BCUT2D eigenvalue weighted by atomic mass is 9.69. The smallest absolute Gasteiger partial charge is 0.294 e. The highest BCUT2D eigenvalue weighted by Gasteiger charge is 2.52. The highest BCUT2D eigenvalue weighted by atomic mass is 32.2. The molecule has 0 bridgehead atoms. The fourth-order valence-corrected chi connectivity index (χ4v) is 12.6. The van der Waals surface area contributed by atoms with E-state index in [0.29, 0.717) is 81.9 Å². The number of aliphatic hydroxyl groups is 2. The van der Waals surface area contributed by atoms with Gasteiger partial charge in [-0.05, 0) is 86.0 Å². The molecule has 26 heteroatoms. The van der Waals surface area contributed by atoms with Crippen LogP contribution in [0.3, 0.4) is 0 Å². The minimum absolute atomic E-state index is 0.0324. The molecule has 3 aliphatic rings. The Bertz CT molecular complexity index is 2970. The first-order valence-electron chi connectivity index (χ1n) is 19.5. The number of hydrogen-bond donors (Lipinski definition) is 8. The molecule has 65 heavy (non-hydrogen) atoms. The van der Waals surface area contributed by atoms with Crippen LogP contribution in [0, 0.1) is 0 Å². The number of β-amino-alcohol motifs (C(OH)–C–C–N with tert-alkyl or cyclic N) is 2. The van der Waals surface area contributed by atoms with Crippen molar-refractivity contribution < 1.29 is 85.9 Å². The molecule has 8 N–H and O–H groups in total. The number of nitrogens with zero attached hydrogens (tertiary/aromatic N) is 2. The molecular weight excluding hydrogens is 977 g/mol. The van der Waals surface area contributed by atoms with E-state index in [1.807, 2.05) is 6.92 Å². The lowest BCUT2D eigenvalue weighted by Crippen LogP contribution is -2.45. The van der Waals surface area contributed by atoms with Crippen molar-refractivity contribution >= 4 is 92.4 Å². The second-order valence-corrected chi connectivity index (χ2v) is 24.0. The molecule has 356 valence electrons. The van der Waals surface area contributed by atoms with Gasteiger partial charge in [-0.2, -0.15) is 46.9 Å². The van der Waals surface area contributed by atoms with Gasteiger partial charge in [0.25, 0.3) is 40.5 Å². The normalized spacial score (nSPS) is 21.9. The highest BCUT2D eigenvalue weighted by Crippen LogP contribution is 2.53. The van der Waals surface area contributed by atoms with Crippen LogP contribution in [0.2, 0.25) is 0 Å². The zero-order valence-corrected chi connectivity index (χ0v) is 39.6. The molecule has 0 amide bonds. The number of rotatable bonds is 18. The Kier molecular flexibility index (Phi) is 14.9. The van der Waals surface area contributed by atoms with Crippen molar-refractivity contribution in [3.63, 3.8) is 0 Å². The molecular formula is C39H47N2O18S6+. The molecule has 1 fully saturated rings. The van der Waals surface area contributed by atoms with Crippen LogP contribution < -0.4 is 4.90 Å². The largest absolute Gasteiger partial charge is 0.390 e. The van der Waals surface area contributed by atoms with Gasteiger partial charge in [0.2, 0.25) is 5.69 Å². The summed E-state index contributed by atoms with van der Waals surface area (Å²) < 4.78 is 147. The van der Waals surface area contributed by atoms with Crippen molar-refractivity contribution in [2.24, 2.45) is 0 Å². The van der Waals surface area contributed by atoms with Crippen LogP contribution in [0.25, 0.3) is 10.8 Å². The standard InChI is InChI=1S/C39H46N2O18S6/c1-38(2)34(40(19-25(42)21-62(46,47)48)32-13-10-24-16-29(65(55,56)57)18-33(61-59-45)35(24)36(32)38)8-4-7-28(64(52,53)54)12-9-23-6-5-15-39(3)30-17-27(60-58-44)11-14-31(30)41(37(23)39)20-26(43)22-63(49,50)51/h4,7,9-14,16-18,25-26,34,42-43H,5-6,8,15,19-22H2,1-3H3,(H5-,44,45,46,47,48,49,50,51,52,53,54,55,56,57)/p+1. The van der Waals surface area contributed by atoms with Crippen LogP contribution in [-0.2, 0) is 60.0 Å². The van der Waals surface area contributed by atoms with Crippen molar-refractivity contribution in [3.8, 4) is 0 Å². The van der Waals surface area contributed by atoms with Gasteiger partial charge in [-0.15, -0.1) is 0 Å². The molecule has 4 unspecified atom stereocenters. The van der Waals surface area contributed by atoms with Gasteiger partial charge in [0.15, 0.2) is 12.3 Å². The Hall–Kier alpha value is -3.29. The predicted octanol–water partition coefficient (Wildman–Crippen LogP) is 4.93. The van der Waals surface area contributed by atoms with E-state index in [1.54, 1.807) is 47.6 Å². The van der Waals surface area contributed by atoms with E-state index in [2.05, 4.69) is 8.67 Å². The molecule has 20 nitrogen and oxygen atoms in total. The maximum atomic E-state index is 13.0. The SMILES string of the molecule is CC12CCCC(=CC=C(C=CCC3N(CC(O)CS(=O)(=O)O)c4ccc5cc(S(=O)(=O)O)cc(SOO)c5c4C3(C)C)S(=O)(=O)O)C1=[N+](CC(O)CS(=O)(=O)O)c1ccc(SOO)cc12. The van der Waals surface area contributed by atoms with Gasteiger partial charge in [0.1, 0.15) is 17.6 Å². The summed E-state index contributed by atoms with van der Waals surface area (Å²) in [5.41, 5.74) is 1.63. The Morgan fingerprint density at radius 3 is 2.17 bits per heavy atom. The minimum Gasteiger partial charge on any atom is -0.390 e. The van der Waals surface area contributed by atoms with Gasteiger partial charge < -0.3 is 15.1 Å². The predicted molar refractivity (Wildman–Crippen MR) is 241 cm³/mol. The number of aliphatic hydroxyl groups excluding tert-OH is 2. The van der Waals surface area contributed by atoms with Crippen LogP contribution >= 0.6 is 24.1 Å². The van der Waals surface area contributed by atoms with Crippen LogP contribution in [0.4, 0.5) is 11.4 Å². The van der Waals surface area contributed by atoms with E-state index in [0.717, 1.165) is 17.7 Å². The molecule has 1 saturated carbocycles. The van der Waals surface area contributed by atoms with E-state index in [4.69, 9.17) is 5.26 Å². The van der Waals surface area contributed by atoms with Gasteiger partial charge in [-0.25, -0.2) is 10.5 Å². The zero-order valence-electron chi connectivity index (χ0n) is 34.7. The Morgan fingerprint density at radius 1 is 0.892 bits per heavy atom. The third-order valence-electron chi connectivity index (χ3n) is 11.8. The van der Waals surface area contributed by atoms with Crippen LogP contribution in [0.5, 0.6) is 0 Å². The Balaban J connectivity index is 1.43. The molecule has 3 aromatic carbocycles. The number of anilines is 1. The van der Waals surface area contributed by atoms with Gasteiger partial charge in [0, 0.05) is 56.1 Å². The summed E-state index contributed by atoms with van der Waals surface area (Å²) in [5.74, 6) is -2.00. The quantitative estimate of drug-likeness (QED) is 0.0209. The molecule has 4 atom stereocenters. The minimum atomic E-state index is -4.94. The summed E-state index contributed by atoms with van der Waals surface area (Å²) in [6, 6.07) is 9.72. The fraction of sp³-hybridized carbons (Fsp3) is 0.410. The average molecular weight is 1020 g/mol. The summed E-state index contributed by atoms with van der Waals surface area (Å²) in [5, 5.41) is 40.9. The number of benzene rings is 3. The average Bonchev–Trinajstić information content (AvgIpc) is 3.53. The molecule has 0 aromatic heterocycles. The van der Waals surface area contributed by atoms with E-state index in [-0.39, 0.29) is 29.8 Å². The van der Waals surface area contributed by atoms with Gasteiger partial charge >= 0.3 is 0 Å². The van der Waals surface area contributed by atoms with E-state index in [1.165, 1.54) is 30.4 Å². The lowest BCUT2D eigenvalue weighted by Gasteiger charge is -2.35. The summed E-state index contributed by atoms with van der Waals surface area (Å²) >= 11 is 1.08. The van der Waals surface area contributed by atoms with Crippen LogP contribution in [-0.4, -0.2) is 126 Å². The molecule has 3 aromatic rings. The first kappa shape index (κ1) is 51.1. The maximum Gasteiger partial charge on any atom is 0.294 e. The lowest BCUT2D eigenvalue weighted by molar-refractivity contribution is -0.449. The fourth-order valence-electron chi connectivity index (χ4n) is 9.38. The number of allylic oxidation sites excluding steroid dienone is 4. The second kappa shape index (κ2) is 19.0. The molecule has 2 aliphatic heterocycles. The summed E-state index contributed by atoms with van der Waals surface area (Å²) in [6.07, 6.45) is 3.58. The van der Waals surface area contributed by atoms with Crippen LogP contribution in [0.1, 0.15) is 57.6 Å². The van der Waals surface area contributed by atoms with Crippen molar-refractivity contribution in [2.45, 2.75) is 90.2 Å². The third-order valence-corrected chi connectivity index (χ3v) is 16.2. The van der Waals surface area contributed by atoms with Gasteiger partial charge in [0.05, 0.1) is 45.4 Å². The van der Waals surface area contributed by atoms with Crippen molar-refractivity contribution in [3.05, 3.63) is 88.4 Å². The maximum absolute atomic E-state index is 13.0. The highest BCUT2D eigenvalue weighted by molar-refractivity contribution is 7.95. The third kappa shape index (κ3) is 11.2. The molecule has 2 heterocycles. The molecule has 6 rings (SSSR count). The summed E-state index contributed by atoms with van der Waals surface area (Å²) in [7, 11) is -18.9. The van der Waals surface area contributed by atoms with Gasteiger partial charge in [-0.3, -0.25) is 18.2 Å². The van der Waals surface area contributed by atoms with Crippen molar-refractivity contribution in [2.75, 3.05) is 29.5 Å². The molecule has 0 radical (unpaired) electrons. The molecule has 0 spiro atoms. The van der Waals surface area contributed by atoms with Crippen molar-refractivity contribution in [1.82, 2.24) is 0 Å². The molecule has 1 aliphatic carbocycles. The van der Waals surface area contributed by atoms with E-state index >= 15 is 0 Å². The Labute approximate surface area is 384 Å². The monoisotopic (exact) mass is 1020 g/mol. The second-order valence-electron chi connectivity index (χ2n) is 16.7. The summed E-state index contributed by atoms with van der Waals surface area (Å²) in [6.45, 7) is 4.81. The molecule has 0 saturated heterocycles. The first-order chi connectivity index (χ1) is 30.1. The van der Waals surface area contributed by atoms with Crippen molar-refractivity contribution in [1.29, 1.82) is 0 Å². The zero-order chi connectivity index (χ0) is 48.1. The first-order valence-corrected chi connectivity index (χ1v) is 27.1. The number of hydrogen-bond acceptors (Lipinski definition) is 17. The van der Waals surface area contributed by atoms with Crippen LogP contribution in [0.15, 0.2) is 91.9 Å². The van der Waals surface area contributed by atoms with E-state index < -0.39 is 90.9 Å². The topological polar surface area (TPSA) is 323 Å². The van der Waals surface area contributed by atoms with E-state index in [9.17, 15) is 67.4 Å². The van der Waals surface area contributed by atoms with Gasteiger partial charge in [-0.1, -0.05) is 32.1 Å².